The molecule has 1 rings (SSSR count). The lowest BCUT2D eigenvalue weighted by Gasteiger charge is -2.07. The predicted octanol–water partition coefficient (Wildman–Crippen LogP) is 1.14. The zero-order valence-electron chi connectivity index (χ0n) is 4.38. The van der Waals surface area contributed by atoms with Gasteiger partial charge in [0.15, 0.2) is 10.1 Å². The highest BCUT2D eigenvalue weighted by molar-refractivity contribution is 14.1. The molecule has 0 bridgehead atoms. The monoisotopic (exact) mass is 258 g/mol. The van der Waals surface area contributed by atoms with Gasteiger partial charge in [-0.1, -0.05) is 11.6 Å². The maximum Gasteiger partial charge on any atom is 0.189 e. The molecule has 0 fully saturated rings. The molecule has 0 amide bonds. The fourth-order valence-electron chi connectivity index (χ4n) is 0.494. The molecule has 1 atom stereocenters. The first-order chi connectivity index (χ1) is 4.18. The van der Waals surface area contributed by atoms with E-state index in [1.165, 1.54) is 0 Å². The second-order valence-electron chi connectivity index (χ2n) is 1.57. The normalized spacial score (nSPS) is 27.2. The Labute approximate surface area is 71.0 Å². The Balaban J connectivity index is 2.74. The fourth-order valence-corrected chi connectivity index (χ4v) is 1.47. The standard InChI is InChI=1S/C4H4ClIN2O/c5-2-1-3(9)8-4(6)7-2/h3,9H,1H2. The summed E-state index contributed by atoms with van der Waals surface area (Å²) in [5.41, 5.74) is 0. The van der Waals surface area contributed by atoms with Crippen molar-refractivity contribution >= 4 is 43.2 Å². The smallest absolute Gasteiger partial charge is 0.189 e. The summed E-state index contributed by atoms with van der Waals surface area (Å²) in [6.07, 6.45) is -0.351. The van der Waals surface area contributed by atoms with Gasteiger partial charge in [-0.3, -0.25) is 0 Å². The first kappa shape index (κ1) is 7.43. The van der Waals surface area contributed by atoms with Gasteiger partial charge >= 0.3 is 0 Å². The molecular weight excluding hydrogens is 254 g/mol. The Kier molecular flexibility index (Phi) is 2.42. The molecule has 0 aromatic heterocycles. The number of hydrogen-bond acceptors (Lipinski definition) is 3. The first-order valence-corrected chi connectivity index (χ1v) is 3.78. The number of rotatable bonds is 0. The molecule has 3 nitrogen and oxygen atoms in total. The van der Waals surface area contributed by atoms with Crippen LogP contribution in [0.4, 0.5) is 0 Å². The number of halogens is 2. The number of aliphatic hydroxyl groups is 1. The van der Waals surface area contributed by atoms with E-state index in [9.17, 15) is 0 Å². The van der Waals surface area contributed by atoms with E-state index < -0.39 is 6.23 Å². The molecule has 0 spiro atoms. The van der Waals surface area contributed by atoms with Crippen LogP contribution in [0.15, 0.2) is 9.98 Å². The summed E-state index contributed by atoms with van der Waals surface area (Å²) in [5, 5.41) is 9.31. The van der Waals surface area contributed by atoms with Crippen LogP contribution in [0.2, 0.25) is 0 Å². The Morgan fingerprint density at radius 3 is 2.89 bits per heavy atom. The van der Waals surface area contributed by atoms with Crippen LogP contribution in [0.3, 0.4) is 0 Å². The molecule has 0 saturated carbocycles. The molecule has 0 saturated heterocycles. The lowest BCUT2D eigenvalue weighted by Crippen LogP contribution is -2.13. The third kappa shape index (κ3) is 2.19. The third-order valence-electron chi connectivity index (χ3n) is 0.820. The van der Waals surface area contributed by atoms with Crippen LogP contribution in [-0.4, -0.2) is 20.3 Å². The minimum atomic E-state index is -0.693. The van der Waals surface area contributed by atoms with E-state index >= 15 is 0 Å². The molecule has 9 heavy (non-hydrogen) atoms. The minimum absolute atomic E-state index is 0.341. The zero-order chi connectivity index (χ0) is 6.85. The Bertz CT molecular complexity index is 179. The van der Waals surface area contributed by atoms with Crippen molar-refractivity contribution in [2.24, 2.45) is 9.98 Å². The molecule has 1 aliphatic heterocycles. The lowest BCUT2D eigenvalue weighted by atomic mass is 10.4. The van der Waals surface area contributed by atoms with Gasteiger partial charge in [0.1, 0.15) is 5.17 Å². The van der Waals surface area contributed by atoms with Crippen LogP contribution in [0, 0.1) is 0 Å². The average Bonchev–Trinajstić information content (AvgIpc) is 1.59. The molecule has 50 valence electrons. The van der Waals surface area contributed by atoms with Gasteiger partial charge in [0.25, 0.3) is 0 Å². The molecular formula is C4H4ClIN2O. The first-order valence-electron chi connectivity index (χ1n) is 2.33. The van der Waals surface area contributed by atoms with Crippen molar-refractivity contribution in [3.63, 3.8) is 0 Å². The van der Waals surface area contributed by atoms with Crippen molar-refractivity contribution in [3.05, 3.63) is 0 Å². The minimum Gasteiger partial charge on any atom is -0.371 e. The van der Waals surface area contributed by atoms with Crippen molar-refractivity contribution in [1.29, 1.82) is 0 Å². The van der Waals surface area contributed by atoms with Crippen LogP contribution >= 0.6 is 34.2 Å². The molecule has 0 aliphatic carbocycles. The quantitative estimate of drug-likeness (QED) is 0.514. The number of aliphatic hydroxyl groups excluding tert-OH is 1. The van der Waals surface area contributed by atoms with Crippen LogP contribution in [0.1, 0.15) is 6.42 Å². The van der Waals surface area contributed by atoms with Gasteiger partial charge in [-0.25, -0.2) is 9.98 Å². The summed E-state index contributed by atoms with van der Waals surface area (Å²) in [5.74, 6) is 0. The van der Waals surface area contributed by atoms with Crippen molar-refractivity contribution in [3.8, 4) is 0 Å². The topological polar surface area (TPSA) is 45.0 Å². The second kappa shape index (κ2) is 2.94. The molecule has 0 aromatic carbocycles. The average molecular weight is 258 g/mol. The van der Waals surface area contributed by atoms with E-state index in [0.29, 0.717) is 15.4 Å². The van der Waals surface area contributed by atoms with E-state index in [1.54, 1.807) is 0 Å². The van der Waals surface area contributed by atoms with E-state index in [-0.39, 0.29) is 0 Å². The summed E-state index contributed by atoms with van der Waals surface area (Å²) in [4.78, 5) is 7.51. The van der Waals surface area contributed by atoms with E-state index in [0.717, 1.165) is 0 Å². The van der Waals surface area contributed by atoms with E-state index in [2.05, 4.69) is 9.98 Å². The fraction of sp³-hybridized carbons (Fsp3) is 0.500. The van der Waals surface area contributed by atoms with Gasteiger partial charge in [0.05, 0.1) is 0 Å². The molecule has 0 aromatic rings. The summed E-state index contributed by atoms with van der Waals surface area (Å²) in [6.45, 7) is 0. The third-order valence-corrected chi connectivity index (χ3v) is 1.58. The van der Waals surface area contributed by atoms with Crippen LogP contribution in [0.25, 0.3) is 0 Å². The van der Waals surface area contributed by atoms with Crippen molar-refractivity contribution in [2.75, 3.05) is 0 Å². The number of hydrogen-bond donors (Lipinski definition) is 1. The van der Waals surface area contributed by atoms with Gasteiger partial charge in [0.2, 0.25) is 0 Å². The Morgan fingerprint density at radius 2 is 2.44 bits per heavy atom. The van der Waals surface area contributed by atoms with Gasteiger partial charge in [0, 0.05) is 29.0 Å². The summed E-state index contributed by atoms with van der Waals surface area (Å²) in [7, 11) is 0. The lowest BCUT2D eigenvalue weighted by molar-refractivity contribution is 0.193. The molecule has 1 N–H and O–H groups in total. The van der Waals surface area contributed by atoms with E-state index in [4.69, 9.17) is 16.7 Å². The molecule has 1 aliphatic rings. The van der Waals surface area contributed by atoms with Gasteiger partial charge in [-0.05, 0) is 0 Å². The zero-order valence-corrected chi connectivity index (χ0v) is 7.30. The van der Waals surface area contributed by atoms with Crippen molar-refractivity contribution < 1.29 is 5.11 Å². The summed E-state index contributed by atoms with van der Waals surface area (Å²) in [6, 6.07) is 0. The van der Waals surface area contributed by atoms with Crippen LogP contribution < -0.4 is 0 Å². The Hall–Kier alpha value is 0.320. The highest BCUT2D eigenvalue weighted by Gasteiger charge is 2.11. The van der Waals surface area contributed by atoms with Gasteiger partial charge in [-0.15, -0.1) is 0 Å². The molecule has 5 heteroatoms. The highest BCUT2D eigenvalue weighted by atomic mass is 127. The number of nitrogens with zero attached hydrogens (tertiary/aromatic N) is 2. The highest BCUT2D eigenvalue weighted by Crippen LogP contribution is 2.10. The molecule has 1 heterocycles. The molecule has 0 radical (unpaired) electrons. The SMILES string of the molecule is OC1CC(Cl)=NC(I)=N1. The van der Waals surface area contributed by atoms with Gasteiger partial charge in [-0.2, -0.15) is 0 Å². The number of aliphatic imine (C=N–C) groups is 2. The Morgan fingerprint density at radius 1 is 1.78 bits per heavy atom. The maximum absolute atomic E-state index is 8.89. The largest absolute Gasteiger partial charge is 0.371 e. The van der Waals surface area contributed by atoms with Gasteiger partial charge < -0.3 is 5.11 Å². The second-order valence-corrected chi connectivity index (χ2v) is 2.97. The summed E-state index contributed by atoms with van der Waals surface area (Å²) >= 11 is 7.42. The van der Waals surface area contributed by atoms with Crippen LogP contribution in [-0.2, 0) is 0 Å². The maximum atomic E-state index is 8.89. The molecule has 1 unspecified atom stereocenters. The van der Waals surface area contributed by atoms with Crippen molar-refractivity contribution in [2.45, 2.75) is 12.6 Å². The van der Waals surface area contributed by atoms with Crippen LogP contribution in [0.5, 0.6) is 0 Å². The number of amidine groups is 1. The summed E-state index contributed by atoms with van der Waals surface area (Å²) < 4.78 is 0.511. The van der Waals surface area contributed by atoms with Crippen molar-refractivity contribution in [1.82, 2.24) is 0 Å². The van der Waals surface area contributed by atoms with E-state index in [1.807, 2.05) is 22.6 Å². The predicted molar refractivity (Wildman–Crippen MR) is 45.4 cm³/mol.